The van der Waals surface area contributed by atoms with Crippen LogP contribution in [0.25, 0.3) is 0 Å². The third kappa shape index (κ3) is 3.27. The molecule has 0 saturated heterocycles. The summed E-state index contributed by atoms with van der Waals surface area (Å²) in [6.45, 7) is 0.963. The predicted molar refractivity (Wildman–Crippen MR) is 79.4 cm³/mol. The molecular formula is C16H25N3. The van der Waals surface area contributed by atoms with Gasteiger partial charge in [0.15, 0.2) is 0 Å². The van der Waals surface area contributed by atoms with E-state index < -0.39 is 0 Å². The molecule has 2 fully saturated rings. The van der Waals surface area contributed by atoms with E-state index >= 15 is 0 Å². The molecule has 0 unspecified atom stereocenters. The van der Waals surface area contributed by atoms with Gasteiger partial charge in [0.2, 0.25) is 0 Å². The average Bonchev–Trinajstić information content (AvgIpc) is 3.30. The third-order valence-corrected chi connectivity index (χ3v) is 4.48. The predicted octanol–water partition coefficient (Wildman–Crippen LogP) is 3.10. The van der Waals surface area contributed by atoms with Crippen LogP contribution in [0.4, 0.5) is 5.82 Å². The molecule has 0 spiro atoms. The second kappa shape index (κ2) is 5.91. The van der Waals surface area contributed by atoms with Crippen LogP contribution in [0.1, 0.15) is 50.5 Å². The third-order valence-electron chi connectivity index (χ3n) is 4.48. The van der Waals surface area contributed by atoms with Gasteiger partial charge in [-0.1, -0.05) is 25.3 Å². The molecule has 0 atom stereocenters. The Morgan fingerprint density at radius 1 is 1.21 bits per heavy atom. The molecule has 2 aliphatic carbocycles. The second-order valence-electron chi connectivity index (χ2n) is 6.04. The molecule has 1 heterocycles. The lowest BCUT2D eigenvalue weighted by atomic mass is 9.94. The minimum Gasteiger partial charge on any atom is -0.356 e. The van der Waals surface area contributed by atoms with Gasteiger partial charge < -0.3 is 10.2 Å². The highest BCUT2D eigenvalue weighted by molar-refractivity contribution is 5.47. The van der Waals surface area contributed by atoms with Crippen LogP contribution in [-0.4, -0.2) is 24.1 Å². The van der Waals surface area contributed by atoms with Gasteiger partial charge in [0, 0.05) is 37.4 Å². The Labute approximate surface area is 116 Å². The molecule has 19 heavy (non-hydrogen) atoms. The van der Waals surface area contributed by atoms with Crippen LogP contribution >= 0.6 is 0 Å². The Kier molecular flexibility index (Phi) is 4.02. The SMILES string of the molecule is CN(c1ncccc1CNC1CC1)C1CCCCC1. The van der Waals surface area contributed by atoms with Crippen LogP contribution < -0.4 is 10.2 Å². The molecule has 2 aliphatic rings. The first-order chi connectivity index (χ1) is 9.34. The van der Waals surface area contributed by atoms with Gasteiger partial charge in [-0.3, -0.25) is 0 Å². The number of anilines is 1. The molecule has 0 amide bonds. The first-order valence-corrected chi connectivity index (χ1v) is 7.74. The summed E-state index contributed by atoms with van der Waals surface area (Å²) in [6.07, 6.45) is 11.4. The van der Waals surface area contributed by atoms with Gasteiger partial charge in [-0.15, -0.1) is 0 Å². The van der Waals surface area contributed by atoms with Gasteiger partial charge in [-0.2, -0.15) is 0 Å². The quantitative estimate of drug-likeness (QED) is 0.880. The fourth-order valence-corrected chi connectivity index (χ4v) is 3.07. The molecule has 3 nitrogen and oxygen atoms in total. The summed E-state index contributed by atoms with van der Waals surface area (Å²) in [7, 11) is 2.22. The molecule has 0 aromatic carbocycles. The molecule has 1 N–H and O–H groups in total. The van der Waals surface area contributed by atoms with Gasteiger partial charge >= 0.3 is 0 Å². The molecule has 0 bridgehead atoms. The number of aromatic nitrogens is 1. The molecular weight excluding hydrogens is 234 g/mol. The van der Waals surface area contributed by atoms with Crippen LogP contribution in [0, 0.1) is 0 Å². The van der Waals surface area contributed by atoms with Crippen molar-refractivity contribution < 1.29 is 0 Å². The van der Waals surface area contributed by atoms with Crippen LogP contribution in [0.2, 0.25) is 0 Å². The van der Waals surface area contributed by atoms with E-state index in [1.54, 1.807) is 0 Å². The highest BCUT2D eigenvalue weighted by Crippen LogP contribution is 2.27. The van der Waals surface area contributed by atoms with Crippen molar-refractivity contribution in [3.63, 3.8) is 0 Å². The normalized spacial score (nSPS) is 20.5. The molecule has 2 saturated carbocycles. The highest BCUT2D eigenvalue weighted by Gasteiger charge is 2.23. The summed E-state index contributed by atoms with van der Waals surface area (Å²) in [6, 6.07) is 5.72. The van der Waals surface area contributed by atoms with Crippen LogP contribution in [0.15, 0.2) is 18.3 Å². The van der Waals surface area contributed by atoms with Gasteiger partial charge in [0.05, 0.1) is 0 Å². The molecule has 1 aromatic rings. The van der Waals surface area contributed by atoms with E-state index in [1.807, 2.05) is 6.20 Å². The smallest absolute Gasteiger partial charge is 0.132 e. The summed E-state index contributed by atoms with van der Waals surface area (Å²) in [5.41, 5.74) is 1.35. The molecule has 0 radical (unpaired) electrons. The summed E-state index contributed by atoms with van der Waals surface area (Å²) in [4.78, 5) is 7.06. The Hall–Kier alpha value is -1.09. The van der Waals surface area contributed by atoms with Crippen molar-refractivity contribution >= 4 is 5.82 Å². The van der Waals surface area contributed by atoms with Crippen LogP contribution in [0.5, 0.6) is 0 Å². The Morgan fingerprint density at radius 3 is 2.74 bits per heavy atom. The largest absolute Gasteiger partial charge is 0.356 e. The van der Waals surface area contributed by atoms with Crippen molar-refractivity contribution in [2.24, 2.45) is 0 Å². The summed E-state index contributed by atoms with van der Waals surface area (Å²) in [5.74, 6) is 1.18. The zero-order valence-corrected chi connectivity index (χ0v) is 11.9. The molecule has 1 aromatic heterocycles. The van der Waals surface area contributed by atoms with Crippen molar-refractivity contribution in [2.45, 2.75) is 63.6 Å². The van der Waals surface area contributed by atoms with E-state index in [9.17, 15) is 0 Å². The number of hydrogen-bond donors (Lipinski definition) is 1. The standard InChI is InChI=1S/C16H25N3/c1-19(15-7-3-2-4-8-15)16-13(6-5-11-17-16)12-18-14-9-10-14/h5-6,11,14-15,18H,2-4,7-10,12H2,1H3. The molecule has 104 valence electrons. The fraction of sp³-hybridized carbons (Fsp3) is 0.688. The second-order valence-corrected chi connectivity index (χ2v) is 6.04. The van der Waals surface area contributed by atoms with Gasteiger partial charge in [-0.05, 0) is 31.7 Å². The monoisotopic (exact) mass is 259 g/mol. The number of pyridine rings is 1. The summed E-state index contributed by atoms with van der Waals surface area (Å²) < 4.78 is 0. The Balaban J connectivity index is 1.70. The molecule has 3 rings (SSSR count). The van der Waals surface area contributed by atoms with Crippen molar-refractivity contribution in [3.05, 3.63) is 23.9 Å². The van der Waals surface area contributed by atoms with Crippen molar-refractivity contribution in [1.29, 1.82) is 0 Å². The first-order valence-electron chi connectivity index (χ1n) is 7.74. The zero-order chi connectivity index (χ0) is 13.1. The summed E-state index contributed by atoms with van der Waals surface area (Å²) in [5, 5.41) is 3.60. The van der Waals surface area contributed by atoms with Crippen molar-refractivity contribution in [1.82, 2.24) is 10.3 Å². The van der Waals surface area contributed by atoms with Gasteiger partial charge in [0.1, 0.15) is 5.82 Å². The topological polar surface area (TPSA) is 28.2 Å². The van der Waals surface area contributed by atoms with E-state index in [2.05, 4.69) is 34.4 Å². The first kappa shape index (κ1) is 12.9. The van der Waals surface area contributed by atoms with Crippen LogP contribution in [-0.2, 0) is 6.54 Å². The lowest BCUT2D eigenvalue weighted by Gasteiger charge is -2.33. The van der Waals surface area contributed by atoms with E-state index in [0.717, 1.165) is 12.6 Å². The van der Waals surface area contributed by atoms with Crippen molar-refractivity contribution in [2.75, 3.05) is 11.9 Å². The zero-order valence-electron chi connectivity index (χ0n) is 11.9. The lowest BCUT2D eigenvalue weighted by Crippen LogP contribution is -2.35. The van der Waals surface area contributed by atoms with Gasteiger partial charge in [0.25, 0.3) is 0 Å². The van der Waals surface area contributed by atoms with E-state index in [4.69, 9.17) is 0 Å². The number of hydrogen-bond acceptors (Lipinski definition) is 3. The lowest BCUT2D eigenvalue weighted by molar-refractivity contribution is 0.425. The molecule has 3 heteroatoms. The minimum atomic E-state index is 0.684. The van der Waals surface area contributed by atoms with E-state index in [-0.39, 0.29) is 0 Å². The Morgan fingerprint density at radius 2 is 2.00 bits per heavy atom. The number of rotatable bonds is 5. The van der Waals surface area contributed by atoms with Gasteiger partial charge in [-0.25, -0.2) is 4.98 Å². The molecule has 0 aliphatic heterocycles. The summed E-state index contributed by atoms with van der Waals surface area (Å²) >= 11 is 0. The maximum Gasteiger partial charge on any atom is 0.132 e. The fourth-order valence-electron chi connectivity index (χ4n) is 3.07. The maximum absolute atomic E-state index is 4.64. The Bertz CT molecular complexity index is 408. The highest BCUT2D eigenvalue weighted by atomic mass is 15.2. The van der Waals surface area contributed by atoms with Crippen molar-refractivity contribution in [3.8, 4) is 0 Å². The maximum atomic E-state index is 4.64. The van der Waals surface area contributed by atoms with E-state index in [0.29, 0.717) is 6.04 Å². The minimum absolute atomic E-state index is 0.684. The van der Waals surface area contributed by atoms with Crippen LogP contribution in [0.3, 0.4) is 0 Å². The number of nitrogens with one attached hydrogen (secondary N) is 1. The average molecular weight is 259 g/mol. The van der Waals surface area contributed by atoms with E-state index in [1.165, 1.54) is 56.3 Å². The number of nitrogens with zero attached hydrogens (tertiary/aromatic N) is 2.